The molecule has 0 aliphatic carbocycles. The van der Waals surface area contributed by atoms with Gasteiger partial charge in [-0.05, 0) is 113 Å². The molecule has 398 valence electrons. The Hall–Kier alpha value is -3.59. The molecule has 18 nitrogen and oxygen atoms in total. The number of likely N-dealkylation sites (N-methyl/N-ethyl adjacent to an activating group) is 1. The number of aliphatic hydroxyl groups is 2. The Balaban J connectivity index is 1.46. The minimum absolute atomic E-state index is 0.00891. The molecule has 71 heavy (non-hydrogen) atoms. The number of esters is 1. The van der Waals surface area contributed by atoms with Crippen LogP contribution in [0.5, 0.6) is 0 Å². The Morgan fingerprint density at radius 2 is 1.62 bits per heavy atom. The highest BCUT2D eigenvalue weighted by atomic mass is 16.7. The van der Waals surface area contributed by atoms with Gasteiger partial charge < -0.3 is 57.6 Å². The number of fused-ring (bicyclic) bond motifs is 7. The number of methoxy groups -OCH3 is 2. The van der Waals surface area contributed by atoms with Crippen molar-refractivity contribution in [3.63, 3.8) is 0 Å². The highest BCUT2D eigenvalue weighted by Gasteiger charge is 2.61. The lowest BCUT2D eigenvalue weighted by Gasteiger charge is -2.51. The number of nitrogens with zero attached hydrogens (tertiary/aromatic N) is 5. The van der Waals surface area contributed by atoms with Crippen LogP contribution in [0.25, 0.3) is 11.3 Å². The molecule has 5 aliphatic heterocycles. The summed E-state index contributed by atoms with van der Waals surface area (Å²) in [6.45, 7) is 23.6. The summed E-state index contributed by atoms with van der Waals surface area (Å²) in [5.74, 6) is -4.49. The average Bonchev–Trinajstić information content (AvgIpc) is 3.91. The van der Waals surface area contributed by atoms with E-state index in [4.69, 9.17) is 42.9 Å². The Labute approximate surface area is 420 Å². The molecule has 0 spiro atoms. The first-order valence-corrected chi connectivity index (χ1v) is 25.8. The van der Waals surface area contributed by atoms with Gasteiger partial charge in [0.1, 0.15) is 24.1 Å². The van der Waals surface area contributed by atoms with Crippen LogP contribution in [0, 0.1) is 17.8 Å². The summed E-state index contributed by atoms with van der Waals surface area (Å²) in [6, 6.07) is 0.619. The normalized spacial score (nSPS) is 41.0. The molecule has 0 radical (unpaired) electrons. The number of aryl methyl sites for hydroxylation is 1. The maximum atomic E-state index is 16.1. The third-order valence-corrected chi connectivity index (χ3v) is 17.0. The predicted octanol–water partition coefficient (Wildman–Crippen LogP) is 6.28. The molecule has 2 aromatic heterocycles. The Kier molecular flexibility index (Phi) is 16.6. The zero-order chi connectivity index (χ0) is 52.1. The second kappa shape index (κ2) is 21.3. The second-order valence-corrected chi connectivity index (χ2v) is 22.8. The smallest absolute Gasteiger partial charge is 0.410 e. The van der Waals surface area contributed by atoms with Crippen molar-refractivity contribution in [2.45, 2.75) is 224 Å². The zero-order valence-corrected chi connectivity index (χ0v) is 44.8. The van der Waals surface area contributed by atoms with Gasteiger partial charge >= 0.3 is 12.1 Å². The third kappa shape index (κ3) is 10.7. The molecule has 2 N–H and O–H groups in total. The third-order valence-electron chi connectivity index (χ3n) is 17.0. The van der Waals surface area contributed by atoms with E-state index in [1.165, 1.54) is 7.11 Å². The largest absolute Gasteiger partial charge is 0.458 e. The summed E-state index contributed by atoms with van der Waals surface area (Å²) < 4.78 is 54.9. The second-order valence-electron chi connectivity index (χ2n) is 22.8. The number of hydrogen-bond donors (Lipinski definition) is 2. The summed E-state index contributed by atoms with van der Waals surface area (Å²) in [7, 11) is 5.07. The number of hydrogen-bond acceptors (Lipinski definition) is 16. The number of pyridine rings is 1. The summed E-state index contributed by atoms with van der Waals surface area (Å²) in [6.07, 6.45) is 0.231. The quantitative estimate of drug-likeness (QED) is 0.280. The Morgan fingerprint density at radius 1 is 0.930 bits per heavy atom. The number of ether oxygens (including phenoxy) is 8. The standard InChI is InChI=1S/C53H83N5O13/c1-16-39-53(12)44-30(3)41(59)35(34-19-20-54-26-36(34)37-27-57(28-55-37)21-17-18-22-58(44)49(63)71-53)24-52(11,65-15)46(70-48-42(60)38(23-29(2)66-48)56(13)50(7,8)9)31(4)43(32(5)47(62)68-39)69-40-25-51(10,64-14)45(61)33(6)67-40/h19-20,26-33,35,38-40,42-46,48,60-61H,16-18,21-25H2,1-15H3/t29-,30+,31+,32-,33+,35+,38+,39-,40+,42-,43+,44-,45+,46-,48+,51-,52-,53-/m1/s1. The Morgan fingerprint density at radius 3 is 2.28 bits per heavy atom. The van der Waals surface area contributed by atoms with Gasteiger partial charge in [-0.15, -0.1) is 0 Å². The van der Waals surface area contributed by atoms with Gasteiger partial charge in [-0.1, -0.05) is 20.8 Å². The molecular weight excluding hydrogens is 915 g/mol. The number of imidazole rings is 1. The summed E-state index contributed by atoms with van der Waals surface area (Å²) >= 11 is 0. The summed E-state index contributed by atoms with van der Waals surface area (Å²) in [5.41, 5.74) is -2.33. The van der Waals surface area contributed by atoms with Crippen molar-refractivity contribution in [3.8, 4) is 11.3 Å². The van der Waals surface area contributed by atoms with Crippen LogP contribution in [-0.2, 0) is 54.0 Å². The predicted molar refractivity (Wildman–Crippen MR) is 262 cm³/mol. The van der Waals surface area contributed by atoms with Crippen molar-refractivity contribution < 1.29 is 62.5 Å². The van der Waals surface area contributed by atoms with Gasteiger partial charge in [-0.3, -0.25) is 19.5 Å². The van der Waals surface area contributed by atoms with Gasteiger partial charge in [-0.2, -0.15) is 0 Å². The maximum Gasteiger partial charge on any atom is 0.410 e. The minimum atomic E-state index is -1.46. The SMILES string of the molecule is CC[C@H]1OC(=O)[C@H](C)[C@@H](O[C@H]2C[C@@](C)(OC)[C@@H](O)[C@H](C)O2)[C@H](C)[C@@H](O[C@@H]2O[C@H](C)C[C@H](N(C)C(C)(C)C)[C@H]2O)[C@](C)(OC)C[C@@H]2C(=O)[C@H](C)[C@H]3N(CCCCn4cnc(c4)-c4cnccc42)C(=O)O[C@]13C. The van der Waals surface area contributed by atoms with E-state index in [0.29, 0.717) is 49.2 Å². The zero-order valence-electron chi connectivity index (χ0n) is 44.8. The molecular formula is C53H83N5O13. The number of cyclic esters (lactones) is 1. The highest BCUT2D eigenvalue weighted by Crippen LogP contribution is 2.47. The number of Topliss-reactive ketones (excluding diaryl/α,β-unsaturated/α-hetero) is 1. The van der Waals surface area contributed by atoms with Crippen LogP contribution in [0.15, 0.2) is 31.0 Å². The van der Waals surface area contributed by atoms with Gasteiger partial charge in [0.25, 0.3) is 0 Å². The molecule has 7 rings (SSSR count). The Bertz CT molecular complexity index is 2190. The van der Waals surface area contributed by atoms with Crippen LogP contribution in [0.2, 0.25) is 0 Å². The van der Waals surface area contributed by atoms with Gasteiger partial charge in [0.15, 0.2) is 18.2 Å². The van der Waals surface area contributed by atoms with Crippen LogP contribution < -0.4 is 0 Å². The van der Waals surface area contributed by atoms with Crippen molar-refractivity contribution in [2.24, 2.45) is 17.8 Å². The van der Waals surface area contributed by atoms with Gasteiger partial charge in [-0.25, -0.2) is 9.78 Å². The van der Waals surface area contributed by atoms with E-state index in [0.717, 1.165) is 0 Å². The number of aromatic nitrogens is 3. The average molecular weight is 998 g/mol. The fourth-order valence-electron chi connectivity index (χ4n) is 12.3. The van der Waals surface area contributed by atoms with E-state index in [1.807, 2.05) is 58.5 Å². The van der Waals surface area contributed by atoms with E-state index < -0.39 is 108 Å². The van der Waals surface area contributed by atoms with Crippen molar-refractivity contribution >= 4 is 17.8 Å². The van der Waals surface area contributed by atoms with E-state index in [-0.39, 0.29) is 42.7 Å². The number of carbonyl (C=O) groups is 3. The molecule has 4 bridgehead atoms. The first-order valence-electron chi connectivity index (χ1n) is 25.8. The molecule has 0 unspecified atom stereocenters. The first kappa shape index (κ1) is 55.2. The summed E-state index contributed by atoms with van der Waals surface area (Å²) in [5, 5.41) is 23.7. The van der Waals surface area contributed by atoms with Crippen molar-refractivity contribution in [2.75, 3.05) is 27.8 Å². The fraction of sp³-hybridized carbons (Fsp3) is 0.792. The topological polar surface area (TPSA) is 203 Å². The monoisotopic (exact) mass is 998 g/mol. The van der Waals surface area contributed by atoms with Gasteiger partial charge in [0, 0.05) is 87.2 Å². The molecule has 5 aliphatic rings. The molecule has 18 heteroatoms. The van der Waals surface area contributed by atoms with Crippen LogP contribution in [0.1, 0.15) is 133 Å². The fourth-order valence-corrected chi connectivity index (χ4v) is 12.3. The molecule has 4 fully saturated rings. The summed E-state index contributed by atoms with van der Waals surface area (Å²) in [4.78, 5) is 58.7. The number of amides is 1. The van der Waals surface area contributed by atoms with E-state index in [1.54, 1.807) is 58.4 Å². The van der Waals surface area contributed by atoms with Crippen LogP contribution in [-0.4, -0.2) is 170 Å². The van der Waals surface area contributed by atoms with Crippen molar-refractivity contribution in [1.29, 1.82) is 0 Å². The molecule has 0 saturated carbocycles. The van der Waals surface area contributed by atoms with Crippen LogP contribution >= 0.6 is 0 Å². The minimum Gasteiger partial charge on any atom is -0.458 e. The van der Waals surface area contributed by atoms with E-state index >= 15 is 9.59 Å². The van der Waals surface area contributed by atoms with Gasteiger partial charge in [0.2, 0.25) is 0 Å². The molecule has 2 aromatic rings. The number of carbonyl (C=O) groups excluding carboxylic acids is 3. The highest BCUT2D eigenvalue weighted by molar-refractivity contribution is 5.91. The van der Waals surface area contributed by atoms with Gasteiger partial charge in [0.05, 0.1) is 59.6 Å². The van der Waals surface area contributed by atoms with Crippen molar-refractivity contribution in [3.05, 3.63) is 36.5 Å². The lowest BCUT2D eigenvalue weighted by Crippen LogP contribution is -2.63. The molecule has 7 heterocycles. The molecule has 0 aromatic carbocycles. The molecule has 4 saturated heterocycles. The van der Waals surface area contributed by atoms with E-state index in [9.17, 15) is 15.0 Å². The van der Waals surface area contributed by atoms with Crippen LogP contribution in [0.4, 0.5) is 4.79 Å². The first-order chi connectivity index (χ1) is 33.3. The molecule has 18 atom stereocenters. The number of aliphatic hydroxyl groups excluding tert-OH is 2. The maximum absolute atomic E-state index is 16.1. The number of ketones is 1. The van der Waals surface area contributed by atoms with Crippen molar-refractivity contribution in [1.82, 2.24) is 24.3 Å². The lowest BCUT2D eigenvalue weighted by molar-refractivity contribution is -0.320. The van der Waals surface area contributed by atoms with Crippen LogP contribution in [0.3, 0.4) is 0 Å². The number of rotatable bonds is 8. The molecule has 1 amide bonds. The lowest BCUT2D eigenvalue weighted by atomic mass is 9.70. The van der Waals surface area contributed by atoms with E-state index in [2.05, 4.69) is 30.7 Å².